The molecule has 1 aliphatic heterocycles. The molecule has 1 fully saturated rings. The largest absolute Gasteiger partial charge is 0.417 e. The number of alkyl halides is 2. The van der Waals surface area contributed by atoms with E-state index in [1.165, 1.54) is 18.3 Å². The molecule has 0 unspecified atom stereocenters. The third-order valence-corrected chi connectivity index (χ3v) is 3.88. The summed E-state index contributed by atoms with van der Waals surface area (Å²) in [5.74, 6) is 1.07. The maximum absolute atomic E-state index is 12.2. The monoisotopic (exact) mass is 376 g/mol. The molecule has 0 amide bonds. The highest BCUT2D eigenvalue weighted by atomic mass is 19.3. The van der Waals surface area contributed by atoms with Crippen molar-refractivity contribution >= 4 is 23.6 Å². The van der Waals surface area contributed by atoms with Crippen molar-refractivity contribution in [2.45, 2.75) is 6.61 Å². The van der Waals surface area contributed by atoms with Gasteiger partial charge in [-0.2, -0.15) is 8.78 Å². The predicted octanol–water partition coefficient (Wildman–Crippen LogP) is 2.05. The number of piperazine rings is 1. The second-order valence-corrected chi connectivity index (χ2v) is 5.62. The smallest absolute Gasteiger partial charge is 0.388 e. The Bertz CT molecular complexity index is 779. The van der Waals surface area contributed by atoms with Crippen LogP contribution in [-0.4, -0.2) is 58.9 Å². The third kappa shape index (κ3) is 5.09. The van der Waals surface area contributed by atoms with E-state index < -0.39 is 6.61 Å². The first-order valence-corrected chi connectivity index (χ1v) is 8.25. The highest BCUT2D eigenvalue weighted by Gasteiger charge is 2.19. The van der Waals surface area contributed by atoms with E-state index >= 15 is 0 Å². The van der Waals surface area contributed by atoms with Crippen LogP contribution in [0.25, 0.3) is 0 Å². The molecular weight excluding hydrogens is 358 g/mol. The molecule has 0 atom stereocenters. The van der Waals surface area contributed by atoms with Gasteiger partial charge >= 0.3 is 6.61 Å². The maximum atomic E-state index is 12.2. The minimum atomic E-state index is -2.91. The number of nitrogens with one attached hydrogen (secondary N) is 1. The van der Waals surface area contributed by atoms with Crippen molar-refractivity contribution in [3.63, 3.8) is 0 Å². The van der Waals surface area contributed by atoms with E-state index in [4.69, 9.17) is 0 Å². The average molecular weight is 376 g/mol. The molecule has 1 N–H and O–H groups in total. The van der Waals surface area contributed by atoms with E-state index in [-0.39, 0.29) is 5.88 Å². The minimum absolute atomic E-state index is 0.158. The van der Waals surface area contributed by atoms with Gasteiger partial charge in [0.15, 0.2) is 11.6 Å². The fraction of sp³-hybridized carbons (Fsp3) is 0.294. The van der Waals surface area contributed by atoms with Crippen LogP contribution in [0.2, 0.25) is 0 Å². The first-order chi connectivity index (χ1) is 13.2. The predicted molar refractivity (Wildman–Crippen MR) is 95.2 cm³/mol. The minimum Gasteiger partial charge on any atom is -0.417 e. The lowest BCUT2D eigenvalue weighted by atomic mass is 10.3. The van der Waals surface area contributed by atoms with Crippen molar-refractivity contribution < 1.29 is 18.3 Å². The molecule has 0 bridgehead atoms. The molecule has 3 rings (SSSR count). The van der Waals surface area contributed by atoms with Crippen molar-refractivity contribution in [3.05, 3.63) is 43.0 Å². The van der Waals surface area contributed by atoms with Gasteiger partial charge in [-0.15, -0.1) is 0 Å². The van der Waals surface area contributed by atoms with Gasteiger partial charge in [-0.1, -0.05) is 0 Å². The van der Waals surface area contributed by atoms with Gasteiger partial charge in [-0.3, -0.25) is 4.79 Å². The summed E-state index contributed by atoms with van der Waals surface area (Å²) >= 11 is 0. The number of allylic oxidation sites excluding steroid dienone is 1. The van der Waals surface area contributed by atoms with E-state index in [0.717, 1.165) is 32.5 Å². The number of ether oxygens (including phenoxy) is 1. The Morgan fingerprint density at radius 1 is 1.11 bits per heavy atom. The summed E-state index contributed by atoms with van der Waals surface area (Å²) < 4.78 is 28.6. The summed E-state index contributed by atoms with van der Waals surface area (Å²) in [4.78, 5) is 27.1. The summed E-state index contributed by atoms with van der Waals surface area (Å²) in [7, 11) is 0. The van der Waals surface area contributed by atoms with Crippen molar-refractivity contribution in [3.8, 4) is 5.88 Å². The maximum Gasteiger partial charge on any atom is 0.388 e. The number of halogens is 2. The SMILES string of the molecule is O=CC=CN1CCN(c2nccnc2Nc2ccc(OC(F)F)nc2)CC1. The fourth-order valence-corrected chi connectivity index (χ4v) is 2.64. The second kappa shape index (κ2) is 8.88. The van der Waals surface area contributed by atoms with Gasteiger partial charge in [0.25, 0.3) is 0 Å². The zero-order valence-corrected chi connectivity index (χ0v) is 14.3. The Morgan fingerprint density at radius 2 is 1.89 bits per heavy atom. The lowest BCUT2D eigenvalue weighted by molar-refractivity contribution is -0.104. The zero-order chi connectivity index (χ0) is 19.1. The van der Waals surface area contributed by atoms with Crippen LogP contribution < -0.4 is 15.0 Å². The Labute approximate surface area is 154 Å². The molecule has 2 aromatic rings. The molecule has 1 saturated heterocycles. The van der Waals surface area contributed by atoms with Crippen LogP contribution in [0.15, 0.2) is 43.0 Å². The van der Waals surface area contributed by atoms with E-state index in [2.05, 4.69) is 34.8 Å². The molecule has 3 heterocycles. The van der Waals surface area contributed by atoms with Crippen molar-refractivity contribution in [2.24, 2.45) is 0 Å². The normalized spacial score (nSPS) is 14.6. The molecule has 0 aliphatic carbocycles. The number of pyridine rings is 1. The van der Waals surface area contributed by atoms with Crippen molar-refractivity contribution in [1.29, 1.82) is 0 Å². The van der Waals surface area contributed by atoms with E-state index in [1.807, 2.05) is 0 Å². The Balaban J connectivity index is 1.68. The van der Waals surface area contributed by atoms with E-state index in [9.17, 15) is 13.6 Å². The van der Waals surface area contributed by atoms with E-state index in [1.54, 1.807) is 24.7 Å². The Morgan fingerprint density at radius 3 is 2.56 bits per heavy atom. The first kappa shape index (κ1) is 18.5. The highest BCUT2D eigenvalue weighted by Crippen LogP contribution is 2.25. The molecule has 142 valence electrons. The third-order valence-electron chi connectivity index (χ3n) is 3.88. The van der Waals surface area contributed by atoms with Gasteiger partial charge in [0, 0.05) is 50.8 Å². The molecular formula is C17H18F2N6O2. The molecule has 0 spiro atoms. The standard InChI is InChI=1S/C17H18F2N6O2/c18-17(19)27-14-3-2-13(12-22-14)23-15-16(21-5-4-20-15)25-9-7-24(8-10-25)6-1-11-26/h1-6,11-12,17H,7-10H2,(H,20,23). The van der Waals surface area contributed by atoms with Crippen molar-refractivity contribution in [2.75, 3.05) is 36.4 Å². The topological polar surface area (TPSA) is 83.5 Å². The number of carbonyl (C=O) groups excluding carboxylic acids is 1. The van der Waals surface area contributed by atoms with Gasteiger partial charge in [0.05, 0.1) is 11.9 Å². The zero-order valence-electron chi connectivity index (χ0n) is 14.3. The van der Waals surface area contributed by atoms with Crippen LogP contribution in [-0.2, 0) is 4.79 Å². The number of anilines is 3. The van der Waals surface area contributed by atoms with E-state index in [0.29, 0.717) is 17.3 Å². The highest BCUT2D eigenvalue weighted by molar-refractivity contribution is 5.68. The molecule has 8 nitrogen and oxygen atoms in total. The van der Waals surface area contributed by atoms with Crippen LogP contribution in [0.5, 0.6) is 5.88 Å². The number of nitrogens with zero attached hydrogens (tertiary/aromatic N) is 5. The number of aldehydes is 1. The molecule has 0 radical (unpaired) electrons. The molecule has 1 aliphatic rings. The summed E-state index contributed by atoms with van der Waals surface area (Å²) in [6.07, 6.45) is 8.56. The second-order valence-electron chi connectivity index (χ2n) is 5.62. The Hall–Kier alpha value is -3.30. The summed E-state index contributed by atoms with van der Waals surface area (Å²) in [5, 5.41) is 3.10. The van der Waals surface area contributed by atoms with Crippen molar-refractivity contribution in [1.82, 2.24) is 19.9 Å². The Kier molecular flexibility index (Phi) is 6.08. The lowest BCUT2D eigenvalue weighted by Crippen LogP contribution is -2.44. The molecule has 2 aromatic heterocycles. The molecule has 27 heavy (non-hydrogen) atoms. The molecule has 0 aromatic carbocycles. The van der Waals surface area contributed by atoms with Crippen LogP contribution in [0.1, 0.15) is 0 Å². The quantitative estimate of drug-likeness (QED) is 0.581. The van der Waals surface area contributed by atoms with Crippen LogP contribution >= 0.6 is 0 Å². The summed E-state index contributed by atoms with van der Waals surface area (Å²) in [5.41, 5.74) is 0.575. The lowest BCUT2D eigenvalue weighted by Gasteiger charge is -2.35. The van der Waals surface area contributed by atoms with Gasteiger partial charge in [-0.25, -0.2) is 15.0 Å². The average Bonchev–Trinajstić information content (AvgIpc) is 2.68. The number of rotatable bonds is 7. The molecule has 0 saturated carbocycles. The fourth-order valence-electron chi connectivity index (χ4n) is 2.64. The first-order valence-electron chi connectivity index (χ1n) is 8.25. The van der Waals surface area contributed by atoms with Gasteiger partial charge in [-0.05, 0) is 12.1 Å². The summed E-state index contributed by atoms with van der Waals surface area (Å²) in [6, 6.07) is 2.92. The van der Waals surface area contributed by atoms with Gasteiger partial charge in [0.2, 0.25) is 5.88 Å². The van der Waals surface area contributed by atoms with Crippen LogP contribution in [0, 0.1) is 0 Å². The number of hydrogen-bond acceptors (Lipinski definition) is 8. The van der Waals surface area contributed by atoms with Crippen LogP contribution in [0.4, 0.5) is 26.1 Å². The summed E-state index contributed by atoms with van der Waals surface area (Å²) in [6.45, 7) is 0.0257. The van der Waals surface area contributed by atoms with Gasteiger partial charge < -0.3 is 19.9 Å². The molecule has 10 heteroatoms. The number of aromatic nitrogens is 3. The number of carbonyl (C=O) groups is 1. The van der Waals surface area contributed by atoms with Crippen LogP contribution in [0.3, 0.4) is 0 Å². The number of hydrogen-bond donors (Lipinski definition) is 1. The van der Waals surface area contributed by atoms with Gasteiger partial charge in [0.1, 0.15) is 6.29 Å².